The normalized spacial score (nSPS) is 11.6. The average molecular weight is 273 g/mol. The zero-order chi connectivity index (χ0) is 11.7. The maximum Gasteiger partial charge on any atom is 0.141 e. The highest BCUT2D eigenvalue weighted by atomic mass is 35.5. The van der Waals surface area contributed by atoms with Gasteiger partial charge in [0.25, 0.3) is 0 Å². The number of aromatic nitrogens is 2. The number of rotatable bonds is 3. The van der Waals surface area contributed by atoms with Crippen LogP contribution >= 0.6 is 34.7 Å². The lowest BCUT2D eigenvalue weighted by molar-refractivity contribution is 1.05. The number of thioether (sulfide) groups is 1. The lowest BCUT2D eigenvalue weighted by Gasteiger charge is -2.04. The van der Waals surface area contributed by atoms with E-state index < -0.39 is 0 Å². The van der Waals surface area contributed by atoms with E-state index in [0.29, 0.717) is 10.4 Å². The van der Waals surface area contributed by atoms with Crippen LogP contribution in [0.1, 0.15) is 24.5 Å². The standard InChI is InChI=1S/C11H13ClN2S2/c1-6(2)15-5-9-13-10(12)8-4-7(3)16-11(8)14-9/h4,6H,5H2,1-3H3. The van der Waals surface area contributed by atoms with Crippen LogP contribution in [0.2, 0.25) is 5.15 Å². The van der Waals surface area contributed by atoms with Crippen molar-refractivity contribution < 1.29 is 0 Å². The van der Waals surface area contributed by atoms with Gasteiger partial charge in [-0.3, -0.25) is 0 Å². The molecule has 0 spiro atoms. The van der Waals surface area contributed by atoms with Gasteiger partial charge < -0.3 is 0 Å². The minimum atomic E-state index is 0.578. The molecule has 5 heteroatoms. The molecule has 0 aliphatic carbocycles. The first-order valence-electron chi connectivity index (χ1n) is 5.10. The Balaban J connectivity index is 2.33. The third-order valence-corrected chi connectivity index (χ3v) is 4.39. The van der Waals surface area contributed by atoms with E-state index >= 15 is 0 Å². The van der Waals surface area contributed by atoms with Crippen LogP contribution in [0.3, 0.4) is 0 Å². The molecule has 86 valence electrons. The average Bonchev–Trinajstić information content (AvgIpc) is 2.56. The van der Waals surface area contributed by atoms with Gasteiger partial charge in [0, 0.05) is 10.3 Å². The second-order valence-electron chi connectivity index (χ2n) is 3.87. The summed E-state index contributed by atoms with van der Waals surface area (Å²) in [5, 5.41) is 2.14. The molecule has 2 nitrogen and oxygen atoms in total. The zero-order valence-electron chi connectivity index (χ0n) is 9.45. The Morgan fingerprint density at radius 2 is 2.19 bits per heavy atom. The largest absolute Gasteiger partial charge is 0.221 e. The van der Waals surface area contributed by atoms with Crippen LogP contribution in [0.4, 0.5) is 0 Å². The fraction of sp³-hybridized carbons (Fsp3) is 0.455. The molecule has 2 heterocycles. The number of hydrogen-bond donors (Lipinski definition) is 0. The van der Waals surface area contributed by atoms with E-state index in [1.54, 1.807) is 11.3 Å². The van der Waals surface area contributed by atoms with Crippen molar-refractivity contribution in [2.75, 3.05) is 0 Å². The highest BCUT2D eigenvalue weighted by molar-refractivity contribution is 7.99. The van der Waals surface area contributed by atoms with Crippen molar-refractivity contribution in [3.8, 4) is 0 Å². The van der Waals surface area contributed by atoms with E-state index in [-0.39, 0.29) is 0 Å². The summed E-state index contributed by atoms with van der Waals surface area (Å²) >= 11 is 9.64. The van der Waals surface area contributed by atoms with Gasteiger partial charge in [-0.05, 0) is 18.2 Å². The molecule has 0 amide bonds. The first kappa shape index (κ1) is 12.1. The lowest BCUT2D eigenvalue weighted by Crippen LogP contribution is -1.95. The van der Waals surface area contributed by atoms with E-state index in [2.05, 4.69) is 30.7 Å². The third kappa shape index (κ3) is 2.67. The van der Waals surface area contributed by atoms with E-state index in [9.17, 15) is 0 Å². The van der Waals surface area contributed by atoms with Crippen LogP contribution in [0, 0.1) is 6.92 Å². The molecule has 0 saturated heterocycles. The lowest BCUT2D eigenvalue weighted by atomic mass is 10.4. The van der Waals surface area contributed by atoms with E-state index in [4.69, 9.17) is 11.6 Å². The molecule has 0 fully saturated rings. The van der Waals surface area contributed by atoms with Crippen molar-refractivity contribution in [3.63, 3.8) is 0 Å². The van der Waals surface area contributed by atoms with Gasteiger partial charge in [-0.25, -0.2) is 9.97 Å². The van der Waals surface area contributed by atoms with Gasteiger partial charge in [0.05, 0.1) is 5.75 Å². The molecular weight excluding hydrogens is 260 g/mol. The molecule has 0 unspecified atom stereocenters. The summed E-state index contributed by atoms with van der Waals surface area (Å²) in [6.45, 7) is 6.39. The topological polar surface area (TPSA) is 25.8 Å². The fourth-order valence-corrected chi connectivity index (χ4v) is 3.16. The zero-order valence-corrected chi connectivity index (χ0v) is 11.8. The van der Waals surface area contributed by atoms with Gasteiger partial charge in [-0.1, -0.05) is 25.4 Å². The summed E-state index contributed by atoms with van der Waals surface area (Å²) in [4.78, 5) is 11.1. The van der Waals surface area contributed by atoms with Crippen molar-refractivity contribution in [1.29, 1.82) is 0 Å². The van der Waals surface area contributed by atoms with Gasteiger partial charge in [0.15, 0.2) is 0 Å². The number of halogens is 1. The summed E-state index contributed by atoms with van der Waals surface area (Å²) in [6, 6.07) is 2.04. The van der Waals surface area contributed by atoms with Crippen LogP contribution in [0.5, 0.6) is 0 Å². The van der Waals surface area contributed by atoms with Crippen LogP contribution in [-0.2, 0) is 5.75 Å². The Morgan fingerprint density at radius 1 is 1.44 bits per heavy atom. The second kappa shape index (κ2) is 4.90. The molecule has 0 aliphatic rings. The quantitative estimate of drug-likeness (QED) is 0.780. The minimum Gasteiger partial charge on any atom is -0.221 e. The maximum atomic E-state index is 6.14. The molecule has 0 N–H and O–H groups in total. The Labute approximate surface area is 108 Å². The summed E-state index contributed by atoms with van der Waals surface area (Å²) in [5.74, 6) is 1.66. The van der Waals surface area contributed by atoms with Gasteiger partial charge in [-0.2, -0.15) is 11.8 Å². The smallest absolute Gasteiger partial charge is 0.141 e. The minimum absolute atomic E-state index is 0.578. The highest BCUT2D eigenvalue weighted by Crippen LogP contribution is 2.29. The van der Waals surface area contributed by atoms with Crippen LogP contribution in [-0.4, -0.2) is 15.2 Å². The fourth-order valence-electron chi connectivity index (χ4n) is 1.35. The summed E-state index contributed by atoms with van der Waals surface area (Å²) in [5.41, 5.74) is 0. The maximum absolute atomic E-state index is 6.14. The van der Waals surface area contributed by atoms with Gasteiger partial charge in [0.2, 0.25) is 0 Å². The predicted molar refractivity (Wildman–Crippen MR) is 73.6 cm³/mol. The van der Waals surface area contributed by atoms with Crippen LogP contribution < -0.4 is 0 Å². The SMILES string of the molecule is Cc1cc2c(Cl)nc(CSC(C)C)nc2s1. The molecular formula is C11H13ClN2S2. The molecule has 16 heavy (non-hydrogen) atoms. The van der Waals surface area contributed by atoms with Gasteiger partial charge in [-0.15, -0.1) is 11.3 Å². The van der Waals surface area contributed by atoms with E-state index in [1.165, 1.54) is 4.88 Å². The summed E-state index contributed by atoms with van der Waals surface area (Å²) in [6.07, 6.45) is 0. The Kier molecular flexibility index (Phi) is 3.72. The molecule has 0 aliphatic heterocycles. The van der Waals surface area contributed by atoms with Crippen LogP contribution in [0.25, 0.3) is 10.2 Å². The van der Waals surface area contributed by atoms with E-state index in [0.717, 1.165) is 21.8 Å². The van der Waals surface area contributed by atoms with Crippen molar-refractivity contribution in [1.82, 2.24) is 9.97 Å². The van der Waals surface area contributed by atoms with Gasteiger partial charge in [0.1, 0.15) is 15.8 Å². The second-order valence-corrected chi connectivity index (χ2v) is 7.02. The Bertz CT molecular complexity index is 508. The van der Waals surface area contributed by atoms with Crippen LogP contribution in [0.15, 0.2) is 6.07 Å². The Hall–Kier alpha value is -0.320. The monoisotopic (exact) mass is 272 g/mol. The molecule has 2 aromatic heterocycles. The number of hydrogen-bond acceptors (Lipinski definition) is 4. The molecule has 0 saturated carbocycles. The van der Waals surface area contributed by atoms with Crippen molar-refractivity contribution in [2.45, 2.75) is 31.8 Å². The number of thiophene rings is 1. The highest BCUT2D eigenvalue weighted by Gasteiger charge is 2.09. The molecule has 0 bridgehead atoms. The molecule has 2 aromatic rings. The number of fused-ring (bicyclic) bond motifs is 1. The first-order valence-corrected chi connectivity index (χ1v) is 7.34. The molecule has 0 radical (unpaired) electrons. The summed E-state index contributed by atoms with van der Waals surface area (Å²) in [7, 11) is 0. The number of nitrogens with zero attached hydrogens (tertiary/aromatic N) is 2. The number of aryl methyl sites for hydroxylation is 1. The first-order chi connectivity index (χ1) is 7.56. The third-order valence-electron chi connectivity index (χ3n) is 2.06. The van der Waals surface area contributed by atoms with Gasteiger partial charge >= 0.3 is 0 Å². The van der Waals surface area contributed by atoms with Crippen molar-refractivity contribution in [3.05, 3.63) is 21.9 Å². The van der Waals surface area contributed by atoms with Crippen molar-refractivity contribution >= 4 is 44.9 Å². The Morgan fingerprint density at radius 3 is 2.88 bits per heavy atom. The molecule has 0 aromatic carbocycles. The summed E-state index contributed by atoms with van der Waals surface area (Å²) < 4.78 is 0. The van der Waals surface area contributed by atoms with E-state index in [1.807, 2.05) is 17.8 Å². The predicted octanol–water partition coefficient (Wildman–Crippen LogP) is 4.29. The molecule has 0 atom stereocenters. The van der Waals surface area contributed by atoms with Crippen molar-refractivity contribution in [2.24, 2.45) is 0 Å². The molecule has 2 rings (SSSR count).